The summed E-state index contributed by atoms with van der Waals surface area (Å²) in [6.07, 6.45) is 7.88. The van der Waals surface area contributed by atoms with Crippen molar-refractivity contribution in [1.82, 2.24) is 19.1 Å². The smallest absolute Gasteiger partial charge is 0.456 e. The van der Waals surface area contributed by atoms with Gasteiger partial charge >= 0.3 is 21.1 Å². The number of fused-ring (bicyclic) bond motifs is 3. The van der Waals surface area contributed by atoms with Gasteiger partial charge in [-0.3, -0.25) is 9.97 Å². The molecular formula is C50H52N4OPt. The second-order valence-corrected chi connectivity index (χ2v) is 15.7. The van der Waals surface area contributed by atoms with E-state index in [4.69, 9.17) is 4.42 Å². The summed E-state index contributed by atoms with van der Waals surface area (Å²) in [4.78, 5) is 9.20. The van der Waals surface area contributed by atoms with E-state index in [2.05, 4.69) is 154 Å². The van der Waals surface area contributed by atoms with Crippen molar-refractivity contribution in [3.63, 3.8) is 0 Å². The van der Waals surface area contributed by atoms with E-state index in [9.17, 15) is 0 Å². The second kappa shape index (κ2) is 17.9. The molecule has 0 aliphatic carbocycles. The van der Waals surface area contributed by atoms with Crippen LogP contribution in [0.1, 0.15) is 112 Å². The van der Waals surface area contributed by atoms with Crippen molar-refractivity contribution in [3.8, 4) is 22.8 Å². The quantitative estimate of drug-likeness (QED) is 0.128. The molecule has 0 amide bonds. The Labute approximate surface area is 347 Å². The minimum Gasteiger partial charge on any atom is -0.456 e. The van der Waals surface area contributed by atoms with E-state index in [-0.39, 0.29) is 21.1 Å². The number of furan rings is 1. The van der Waals surface area contributed by atoms with Crippen LogP contribution in [0.2, 0.25) is 0 Å². The zero-order valence-electron chi connectivity index (χ0n) is 33.8. The van der Waals surface area contributed by atoms with Gasteiger partial charge in [0, 0.05) is 48.6 Å². The molecule has 0 saturated carbocycles. The Morgan fingerprint density at radius 3 is 1.55 bits per heavy atom. The van der Waals surface area contributed by atoms with E-state index in [1.54, 1.807) is 0 Å². The number of para-hydroxylation sites is 1. The molecule has 8 rings (SSSR count). The van der Waals surface area contributed by atoms with Crippen LogP contribution >= 0.6 is 0 Å². The molecule has 6 heteroatoms. The summed E-state index contributed by atoms with van der Waals surface area (Å²) in [5.41, 5.74) is 12.3. The number of nitrogens with zero attached hydrogens (tertiary/aromatic N) is 4. The van der Waals surface area contributed by atoms with E-state index < -0.39 is 0 Å². The van der Waals surface area contributed by atoms with E-state index in [0.29, 0.717) is 23.7 Å². The minimum atomic E-state index is 0. The Hall–Kier alpha value is -4.99. The Morgan fingerprint density at radius 2 is 1.05 bits per heavy atom. The van der Waals surface area contributed by atoms with Gasteiger partial charge in [-0.15, -0.1) is 71.8 Å². The maximum atomic E-state index is 6.42. The van der Waals surface area contributed by atoms with Crippen LogP contribution in [-0.2, 0) is 34.2 Å². The SMILES string of the molecule is CC(C)c1cc(C(C)C)c2oc3ccccc3c2c1Cn1ccnc1-c1[c-]cccc1.CC(C)c1cccc(C(C)C)c1Cn1ccnc1-c1[c-]cccc1.[Pt+2]. The van der Waals surface area contributed by atoms with Crippen molar-refractivity contribution in [3.05, 3.63) is 167 Å². The van der Waals surface area contributed by atoms with Crippen molar-refractivity contribution in [2.45, 2.75) is 92.2 Å². The fraction of sp³-hybridized carbons (Fsp3) is 0.280. The Kier molecular flexibility index (Phi) is 13.0. The number of imidazole rings is 2. The van der Waals surface area contributed by atoms with E-state index in [0.717, 1.165) is 47.0 Å². The third-order valence-corrected chi connectivity index (χ3v) is 10.5. The molecule has 0 fully saturated rings. The molecular weight excluding hydrogens is 868 g/mol. The van der Waals surface area contributed by atoms with Gasteiger partial charge in [0.1, 0.15) is 11.2 Å². The molecule has 0 bridgehead atoms. The molecule has 56 heavy (non-hydrogen) atoms. The fourth-order valence-corrected chi connectivity index (χ4v) is 7.78. The zero-order chi connectivity index (χ0) is 38.6. The molecule has 3 aromatic heterocycles. The minimum absolute atomic E-state index is 0. The van der Waals surface area contributed by atoms with Gasteiger partial charge in [0.2, 0.25) is 0 Å². The largest absolute Gasteiger partial charge is 2.00 e. The molecule has 0 spiro atoms. The van der Waals surface area contributed by atoms with Crippen LogP contribution < -0.4 is 0 Å². The van der Waals surface area contributed by atoms with Gasteiger partial charge in [-0.25, -0.2) is 0 Å². The van der Waals surface area contributed by atoms with Gasteiger partial charge in [0.15, 0.2) is 0 Å². The van der Waals surface area contributed by atoms with E-state index in [1.165, 1.54) is 44.2 Å². The molecule has 288 valence electrons. The maximum absolute atomic E-state index is 6.42. The number of rotatable bonds is 10. The van der Waals surface area contributed by atoms with Crippen molar-refractivity contribution < 1.29 is 25.5 Å². The molecule has 5 nitrogen and oxygen atoms in total. The Bertz CT molecular complexity index is 2480. The average molecular weight is 920 g/mol. The van der Waals surface area contributed by atoms with Crippen LogP contribution in [-0.4, -0.2) is 19.1 Å². The molecule has 8 aromatic rings. The van der Waals surface area contributed by atoms with Crippen molar-refractivity contribution >= 4 is 21.9 Å². The summed E-state index contributed by atoms with van der Waals surface area (Å²) in [6.45, 7) is 19.7. The normalized spacial score (nSPS) is 11.5. The third-order valence-electron chi connectivity index (χ3n) is 10.5. The van der Waals surface area contributed by atoms with Crippen LogP contribution in [0.25, 0.3) is 44.7 Å². The molecule has 3 heterocycles. The third kappa shape index (κ3) is 8.39. The van der Waals surface area contributed by atoms with Gasteiger partial charge in [-0.1, -0.05) is 97.9 Å². The van der Waals surface area contributed by atoms with Crippen molar-refractivity contribution in [2.24, 2.45) is 0 Å². The first-order chi connectivity index (χ1) is 26.6. The van der Waals surface area contributed by atoms with Crippen molar-refractivity contribution in [1.29, 1.82) is 0 Å². The van der Waals surface area contributed by atoms with Gasteiger partial charge in [-0.05, 0) is 63.1 Å². The van der Waals surface area contributed by atoms with Gasteiger partial charge in [0.25, 0.3) is 0 Å². The maximum Gasteiger partial charge on any atom is 2.00 e. The molecule has 0 atom stereocenters. The summed E-state index contributed by atoms with van der Waals surface area (Å²) in [6, 6.07) is 40.1. The first kappa shape index (κ1) is 40.7. The van der Waals surface area contributed by atoms with Gasteiger partial charge in [-0.2, -0.15) is 0 Å². The first-order valence-corrected chi connectivity index (χ1v) is 19.7. The summed E-state index contributed by atoms with van der Waals surface area (Å²) in [5.74, 6) is 3.72. The van der Waals surface area contributed by atoms with Crippen LogP contribution in [0.3, 0.4) is 0 Å². The van der Waals surface area contributed by atoms with Gasteiger partial charge < -0.3 is 13.6 Å². The molecule has 0 radical (unpaired) electrons. The predicted octanol–water partition coefficient (Wildman–Crippen LogP) is 13.2. The van der Waals surface area contributed by atoms with Crippen LogP contribution in [0.4, 0.5) is 0 Å². The second-order valence-electron chi connectivity index (χ2n) is 15.7. The average Bonchev–Trinajstić information content (AvgIpc) is 3.94. The molecule has 0 unspecified atom stereocenters. The number of hydrogen-bond acceptors (Lipinski definition) is 3. The topological polar surface area (TPSA) is 48.8 Å². The summed E-state index contributed by atoms with van der Waals surface area (Å²) in [5, 5.41) is 2.42. The van der Waals surface area contributed by atoms with Crippen LogP contribution in [0, 0.1) is 12.1 Å². The fourth-order valence-electron chi connectivity index (χ4n) is 7.78. The molecule has 0 aliphatic rings. The zero-order valence-corrected chi connectivity index (χ0v) is 36.1. The molecule has 5 aromatic carbocycles. The van der Waals surface area contributed by atoms with Crippen molar-refractivity contribution in [2.75, 3.05) is 0 Å². The first-order valence-electron chi connectivity index (χ1n) is 19.7. The van der Waals surface area contributed by atoms with Gasteiger partial charge in [0.05, 0.1) is 11.6 Å². The Morgan fingerprint density at radius 1 is 0.554 bits per heavy atom. The molecule has 0 aliphatic heterocycles. The Balaban J connectivity index is 0.000000193. The summed E-state index contributed by atoms with van der Waals surface area (Å²) >= 11 is 0. The summed E-state index contributed by atoms with van der Waals surface area (Å²) in [7, 11) is 0. The monoisotopic (exact) mass is 919 g/mol. The molecule has 0 saturated heterocycles. The van der Waals surface area contributed by atoms with E-state index >= 15 is 0 Å². The molecule has 0 N–H and O–H groups in total. The standard InChI is InChI=1S/C28H27N2O.C22H25N2.Pt/c1-18(2)22-16-23(19(3)4)27-26(21-12-8-9-13-25(21)31-27)24(22)17-30-15-14-29-28(30)20-10-6-5-7-11-20;1-16(2)19-11-8-12-20(17(3)4)21(19)15-24-14-13-23-22(24)18-9-6-5-7-10-18;/h5-10,12-16,18-19H,17H2,1-4H3;5-9,11-14,16-17H,15H2,1-4H3;/q2*-1;+2. The number of benzene rings is 5. The number of hydrogen-bond donors (Lipinski definition) is 0. The number of aromatic nitrogens is 4. The van der Waals surface area contributed by atoms with E-state index in [1.807, 2.05) is 54.9 Å². The van der Waals surface area contributed by atoms with Crippen LogP contribution in [0.15, 0.2) is 126 Å². The summed E-state index contributed by atoms with van der Waals surface area (Å²) < 4.78 is 10.9. The van der Waals surface area contributed by atoms with Crippen LogP contribution in [0.5, 0.6) is 0 Å². The predicted molar refractivity (Wildman–Crippen MR) is 228 cm³/mol.